The minimum Gasteiger partial charge on any atom is -0.478 e. The van der Waals surface area contributed by atoms with Crippen molar-refractivity contribution < 1.29 is 9.90 Å². The van der Waals surface area contributed by atoms with E-state index < -0.39 is 5.97 Å². The highest BCUT2D eigenvalue weighted by molar-refractivity contribution is 5.95. The molecule has 3 aliphatic rings. The summed E-state index contributed by atoms with van der Waals surface area (Å²) in [6.45, 7) is 4.43. The summed E-state index contributed by atoms with van der Waals surface area (Å²) >= 11 is 0. The Morgan fingerprint density at radius 2 is 1.81 bits per heavy atom. The molecule has 5 rings (SSSR count). The lowest BCUT2D eigenvalue weighted by atomic mass is 9.67. The Hall–Kier alpha value is -2.29. The molecular weight excluding hydrogens is 334 g/mol. The van der Waals surface area contributed by atoms with Gasteiger partial charge in [0.05, 0.1) is 17.3 Å². The molecular formula is C24H27NO2. The van der Waals surface area contributed by atoms with Gasteiger partial charge in [0, 0.05) is 0 Å². The van der Waals surface area contributed by atoms with Crippen LogP contribution in [-0.4, -0.2) is 11.1 Å². The monoisotopic (exact) mass is 361 g/mol. The molecule has 1 aliphatic heterocycles. The van der Waals surface area contributed by atoms with Crippen LogP contribution in [0.4, 0.5) is 5.69 Å². The lowest BCUT2D eigenvalue weighted by molar-refractivity contribution is 0.0697. The number of benzene rings is 2. The van der Waals surface area contributed by atoms with Crippen molar-refractivity contribution in [1.29, 1.82) is 0 Å². The predicted octanol–water partition coefficient (Wildman–Crippen LogP) is 5.80. The van der Waals surface area contributed by atoms with Crippen molar-refractivity contribution >= 4 is 11.7 Å². The van der Waals surface area contributed by atoms with Gasteiger partial charge in [0.2, 0.25) is 0 Å². The number of hydrogen-bond donors (Lipinski definition) is 2. The Balaban J connectivity index is 1.62. The van der Waals surface area contributed by atoms with Gasteiger partial charge in [0.1, 0.15) is 0 Å². The topological polar surface area (TPSA) is 49.3 Å². The smallest absolute Gasteiger partial charge is 0.337 e. The van der Waals surface area contributed by atoms with Crippen LogP contribution < -0.4 is 5.32 Å². The maximum absolute atomic E-state index is 11.8. The Bertz CT molecular complexity index is 886. The van der Waals surface area contributed by atoms with Crippen molar-refractivity contribution in [3.63, 3.8) is 0 Å². The average Bonchev–Trinajstić information content (AvgIpc) is 3.29. The number of anilines is 1. The molecule has 0 spiro atoms. The molecule has 2 N–H and O–H groups in total. The largest absolute Gasteiger partial charge is 0.478 e. The van der Waals surface area contributed by atoms with E-state index in [-0.39, 0.29) is 6.04 Å². The highest BCUT2D eigenvalue weighted by Crippen LogP contribution is 2.64. The van der Waals surface area contributed by atoms with Crippen molar-refractivity contribution in [2.45, 2.75) is 51.0 Å². The molecule has 5 atom stereocenters. The minimum atomic E-state index is -0.838. The number of hydrogen-bond acceptors (Lipinski definition) is 2. The first-order valence-corrected chi connectivity index (χ1v) is 10.3. The van der Waals surface area contributed by atoms with E-state index in [0.29, 0.717) is 29.2 Å². The molecule has 0 aromatic heterocycles. The summed E-state index contributed by atoms with van der Waals surface area (Å²) in [6.07, 6.45) is 3.91. The van der Waals surface area contributed by atoms with Crippen LogP contribution in [0.1, 0.15) is 78.0 Å². The normalized spacial score (nSPS) is 30.7. The van der Waals surface area contributed by atoms with Gasteiger partial charge < -0.3 is 10.4 Å². The number of carboxylic acid groups (broad SMARTS) is 1. The van der Waals surface area contributed by atoms with E-state index in [1.54, 1.807) is 6.07 Å². The summed E-state index contributed by atoms with van der Waals surface area (Å²) in [5.41, 5.74) is 5.16. The molecule has 0 unspecified atom stereocenters. The Labute approximate surface area is 160 Å². The number of nitrogens with one attached hydrogen (secondary N) is 1. The summed E-state index contributed by atoms with van der Waals surface area (Å²) < 4.78 is 0. The molecule has 1 heterocycles. The molecule has 2 bridgehead atoms. The third-order valence-electron chi connectivity index (χ3n) is 7.31. The van der Waals surface area contributed by atoms with Gasteiger partial charge in [0.15, 0.2) is 0 Å². The zero-order chi connectivity index (χ0) is 18.7. The summed E-state index contributed by atoms with van der Waals surface area (Å²) in [5, 5.41) is 13.4. The highest BCUT2D eigenvalue weighted by Gasteiger charge is 2.54. The first kappa shape index (κ1) is 16.9. The second kappa shape index (κ2) is 6.12. The lowest BCUT2D eigenvalue weighted by Crippen LogP contribution is -2.36. The molecule has 27 heavy (non-hydrogen) atoms. The molecule has 3 nitrogen and oxygen atoms in total. The van der Waals surface area contributed by atoms with Gasteiger partial charge in [0.25, 0.3) is 0 Å². The number of rotatable bonds is 3. The molecule has 0 amide bonds. The van der Waals surface area contributed by atoms with Crippen LogP contribution in [0.15, 0.2) is 42.5 Å². The van der Waals surface area contributed by atoms with Gasteiger partial charge in [-0.2, -0.15) is 0 Å². The molecule has 0 radical (unpaired) electrons. The quantitative estimate of drug-likeness (QED) is 0.726. The molecule has 2 fully saturated rings. The molecule has 2 saturated carbocycles. The van der Waals surface area contributed by atoms with Crippen LogP contribution in [0.2, 0.25) is 0 Å². The Morgan fingerprint density at radius 1 is 1.07 bits per heavy atom. The fourth-order valence-corrected chi connectivity index (χ4v) is 6.11. The lowest BCUT2D eigenvalue weighted by Gasteiger charge is -2.44. The summed E-state index contributed by atoms with van der Waals surface area (Å²) in [4.78, 5) is 11.8. The molecule has 140 valence electrons. The maximum atomic E-state index is 11.8. The van der Waals surface area contributed by atoms with Gasteiger partial charge in [-0.3, -0.25) is 0 Å². The molecule has 2 aliphatic carbocycles. The molecule has 2 aromatic carbocycles. The summed E-state index contributed by atoms with van der Waals surface area (Å²) in [6, 6.07) is 15.0. The van der Waals surface area contributed by atoms with Crippen LogP contribution in [0.25, 0.3) is 0 Å². The number of carbonyl (C=O) groups is 1. The third kappa shape index (κ3) is 2.51. The number of aromatic carboxylic acids is 1. The van der Waals surface area contributed by atoms with E-state index in [4.69, 9.17) is 0 Å². The van der Waals surface area contributed by atoms with Crippen LogP contribution in [0, 0.1) is 17.8 Å². The SMILES string of the molecule is CC(C)c1ccc([C@@H]2Nc3c(C(=O)O)cccc3[C@H]3[C@H]4CC[C@@H](C4)[C@H]32)cc1. The second-order valence-corrected chi connectivity index (χ2v) is 8.95. The van der Waals surface area contributed by atoms with E-state index in [2.05, 4.69) is 49.5 Å². The van der Waals surface area contributed by atoms with Gasteiger partial charge in [-0.15, -0.1) is 0 Å². The van der Waals surface area contributed by atoms with E-state index in [1.165, 1.54) is 36.0 Å². The molecule has 0 saturated heterocycles. The van der Waals surface area contributed by atoms with Gasteiger partial charge in [-0.25, -0.2) is 4.79 Å². The van der Waals surface area contributed by atoms with Crippen molar-refractivity contribution in [1.82, 2.24) is 0 Å². The minimum absolute atomic E-state index is 0.208. The van der Waals surface area contributed by atoms with E-state index in [1.807, 2.05) is 6.07 Å². The van der Waals surface area contributed by atoms with Crippen molar-refractivity contribution in [3.05, 3.63) is 64.7 Å². The van der Waals surface area contributed by atoms with E-state index >= 15 is 0 Å². The predicted molar refractivity (Wildman–Crippen MR) is 107 cm³/mol. The highest BCUT2D eigenvalue weighted by atomic mass is 16.4. The van der Waals surface area contributed by atoms with E-state index in [9.17, 15) is 9.90 Å². The standard InChI is InChI=1S/C24H27NO2/c1-13(2)14-6-8-15(9-7-14)22-21-17-11-10-16(12-17)20(21)18-4-3-5-19(24(26)27)23(18)25-22/h3-9,13,16-17,20-22,25H,10-12H2,1-2H3,(H,26,27)/t16-,17-,20+,21+,22-/m0/s1. The average molecular weight is 361 g/mol. The van der Waals surface area contributed by atoms with E-state index in [0.717, 1.165) is 11.6 Å². The van der Waals surface area contributed by atoms with Crippen LogP contribution in [0.5, 0.6) is 0 Å². The van der Waals surface area contributed by atoms with Gasteiger partial charge in [-0.1, -0.05) is 50.2 Å². The number of fused-ring (bicyclic) bond motifs is 7. The van der Waals surface area contributed by atoms with Crippen molar-refractivity contribution in [2.24, 2.45) is 17.8 Å². The first-order chi connectivity index (χ1) is 13.0. The fourth-order valence-electron chi connectivity index (χ4n) is 6.11. The first-order valence-electron chi connectivity index (χ1n) is 10.3. The van der Waals surface area contributed by atoms with Crippen molar-refractivity contribution in [3.8, 4) is 0 Å². The van der Waals surface area contributed by atoms with Crippen LogP contribution in [0.3, 0.4) is 0 Å². The maximum Gasteiger partial charge on any atom is 0.337 e. The molecule has 2 aromatic rings. The summed E-state index contributed by atoms with van der Waals surface area (Å²) in [5.74, 6) is 2.22. The zero-order valence-corrected chi connectivity index (χ0v) is 16.0. The Morgan fingerprint density at radius 3 is 2.52 bits per heavy atom. The zero-order valence-electron chi connectivity index (χ0n) is 16.0. The van der Waals surface area contributed by atoms with Gasteiger partial charge in [-0.05, 0) is 71.6 Å². The molecule has 3 heteroatoms. The van der Waals surface area contributed by atoms with Crippen LogP contribution >= 0.6 is 0 Å². The third-order valence-corrected chi connectivity index (χ3v) is 7.31. The second-order valence-electron chi connectivity index (χ2n) is 8.95. The number of carboxylic acids is 1. The Kier molecular flexibility index (Phi) is 3.82. The van der Waals surface area contributed by atoms with Crippen LogP contribution in [-0.2, 0) is 0 Å². The van der Waals surface area contributed by atoms with Crippen molar-refractivity contribution in [2.75, 3.05) is 5.32 Å². The fraction of sp³-hybridized carbons (Fsp3) is 0.458. The summed E-state index contributed by atoms with van der Waals surface area (Å²) in [7, 11) is 0. The van der Waals surface area contributed by atoms with Gasteiger partial charge >= 0.3 is 5.97 Å². The number of para-hydroxylation sites is 1.